The van der Waals surface area contributed by atoms with E-state index in [1.165, 1.54) is 6.92 Å². The monoisotopic (exact) mass is 267 g/mol. The van der Waals surface area contributed by atoms with Gasteiger partial charge in [-0.3, -0.25) is 14.4 Å². The number of carbonyl (C=O) groups excluding carboxylic acids is 2. The standard InChI is InChI=1S/C12H13NO4S/c1-7(9(14)10(18)12(16)17)13-11(15)8-5-3-2-4-6-8/h2-7,10,18H,1H3,(H,13,15)(H,16,17)/t7-,10-/m1/s1. The second-order valence-electron chi connectivity index (χ2n) is 3.70. The molecule has 5 nitrogen and oxygen atoms in total. The van der Waals surface area contributed by atoms with Gasteiger partial charge in [0.25, 0.3) is 5.91 Å². The lowest BCUT2D eigenvalue weighted by atomic mass is 10.1. The van der Waals surface area contributed by atoms with Crippen molar-refractivity contribution in [3.8, 4) is 0 Å². The largest absolute Gasteiger partial charge is 0.480 e. The number of ketones is 1. The number of aliphatic carboxylic acids is 1. The number of carboxylic acids is 1. The van der Waals surface area contributed by atoms with Crippen LogP contribution >= 0.6 is 12.6 Å². The number of Topliss-reactive ketones (excluding diaryl/α,β-unsaturated/α-hetero) is 1. The summed E-state index contributed by atoms with van der Waals surface area (Å²) >= 11 is 3.67. The van der Waals surface area contributed by atoms with Crippen LogP contribution in [0.1, 0.15) is 17.3 Å². The summed E-state index contributed by atoms with van der Waals surface area (Å²) in [6.45, 7) is 1.43. The van der Waals surface area contributed by atoms with Gasteiger partial charge in [-0.2, -0.15) is 12.6 Å². The maximum atomic E-state index is 11.7. The summed E-state index contributed by atoms with van der Waals surface area (Å²) in [7, 11) is 0. The van der Waals surface area contributed by atoms with Gasteiger partial charge in [0.05, 0.1) is 6.04 Å². The van der Waals surface area contributed by atoms with Gasteiger partial charge in [0.15, 0.2) is 11.0 Å². The molecule has 0 fully saturated rings. The van der Waals surface area contributed by atoms with Gasteiger partial charge in [-0.15, -0.1) is 0 Å². The van der Waals surface area contributed by atoms with Crippen LogP contribution in [-0.2, 0) is 9.59 Å². The van der Waals surface area contributed by atoms with E-state index in [2.05, 4.69) is 17.9 Å². The van der Waals surface area contributed by atoms with E-state index in [0.29, 0.717) is 5.56 Å². The fourth-order valence-electron chi connectivity index (χ4n) is 1.30. The SMILES string of the molecule is C[C@@H](NC(=O)c1ccccc1)C(=O)[C@@H](S)C(=O)O. The van der Waals surface area contributed by atoms with Crippen molar-refractivity contribution in [3.63, 3.8) is 0 Å². The molecule has 0 aliphatic rings. The van der Waals surface area contributed by atoms with E-state index in [1.54, 1.807) is 30.3 Å². The predicted octanol–water partition coefficient (Wildman–Crippen LogP) is 0.757. The Balaban J connectivity index is 2.66. The Hall–Kier alpha value is -1.82. The number of amides is 1. The molecular formula is C12H13NO4S. The smallest absolute Gasteiger partial charge is 0.324 e. The molecule has 1 amide bonds. The minimum absolute atomic E-state index is 0.406. The molecule has 0 saturated heterocycles. The van der Waals surface area contributed by atoms with Crippen LogP contribution in [0.3, 0.4) is 0 Å². The zero-order valence-electron chi connectivity index (χ0n) is 9.66. The number of hydrogen-bond donors (Lipinski definition) is 3. The van der Waals surface area contributed by atoms with Crippen molar-refractivity contribution in [2.75, 3.05) is 0 Å². The summed E-state index contributed by atoms with van der Waals surface area (Å²) in [6.07, 6.45) is 0. The number of carboxylic acid groups (broad SMARTS) is 1. The molecule has 0 aliphatic heterocycles. The number of nitrogens with one attached hydrogen (secondary N) is 1. The van der Waals surface area contributed by atoms with Crippen LogP contribution < -0.4 is 5.32 Å². The minimum Gasteiger partial charge on any atom is -0.480 e. The quantitative estimate of drug-likeness (QED) is 0.543. The van der Waals surface area contributed by atoms with Gasteiger partial charge in [-0.05, 0) is 19.1 Å². The molecule has 1 rings (SSSR count). The lowest BCUT2D eigenvalue weighted by molar-refractivity contribution is -0.139. The maximum absolute atomic E-state index is 11.7. The van der Waals surface area contributed by atoms with Crippen LogP contribution in [-0.4, -0.2) is 34.1 Å². The Morgan fingerprint density at radius 2 is 1.78 bits per heavy atom. The highest BCUT2D eigenvalue weighted by Crippen LogP contribution is 2.03. The average molecular weight is 267 g/mol. The van der Waals surface area contributed by atoms with Gasteiger partial charge in [-0.25, -0.2) is 0 Å². The molecule has 0 aromatic heterocycles. The van der Waals surface area contributed by atoms with Gasteiger partial charge in [0.1, 0.15) is 0 Å². The molecule has 0 heterocycles. The zero-order valence-corrected chi connectivity index (χ0v) is 10.6. The van der Waals surface area contributed by atoms with Crippen molar-refractivity contribution >= 4 is 30.3 Å². The van der Waals surface area contributed by atoms with Crippen molar-refractivity contribution in [1.82, 2.24) is 5.32 Å². The Labute approximate surface area is 110 Å². The summed E-state index contributed by atoms with van der Waals surface area (Å²) in [6, 6.07) is 7.44. The number of carbonyl (C=O) groups is 3. The predicted molar refractivity (Wildman–Crippen MR) is 68.8 cm³/mol. The van der Waals surface area contributed by atoms with Crippen LogP contribution in [0.5, 0.6) is 0 Å². The van der Waals surface area contributed by atoms with E-state index in [-0.39, 0.29) is 0 Å². The highest BCUT2D eigenvalue weighted by atomic mass is 32.1. The van der Waals surface area contributed by atoms with E-state index < -0.39 is 29.0 Å². The molecule has 0 unspecified atom stereocenters. The van der Waals surface area contributed by atoms with Crippen LogP contribution in [0, 0.1) is 0 Å². The fraction of sp³-hybridized carbons (Fsp3) is 0.250. The van der Waals surface area contributed by atoms with Crippen molar-refractivity contribution in [2.45, 2.75) is 18.2 Å². The van der Waals surface area contributed by atoms with Gasteiger partial charge < -0.3 is 10.4 Å². The molecule has 2 atom stereocenters. The molecule has 0 radical (unpaired) electrons. The van der Waals surface area contributed by atoms with Crippen LogP contribution in [0.4, 0.5) is 0 Å². The zero-order chi connectivity index (χ0) is 13.7. The lowest BCUT2D eigenvalue weighted by Crippen LogP contribution is -2.44. The van der Waals surface area contributed by atoms with E-state index in [4.69, 9.17) is 5.11 Å². The highest BCUT2D eigenvalue weighted by Gasteiger charge is 2.27. The van der Waals surface area contributed by atoms with Crippen LogP contribution in [0.25, 0.3) is 0 Å². The number of benzene rings is 1. The number of rotatable bonds is 5. The van der Waals surface area contributed by atoms with E-state index in [0.717, 1.165) is 0 Å². The molecule has 1 aromatic rings. The van der Waals surface area contributed by atoms with Gasteiger partial charge >= 0.3 is 5.97 Å². The van der Waals surface area contributed by atoms with Crippen molar-refractivity contribution in [2.24, 2.45) is 0 Å². The molecule has 0 saturated carbocycles. The topological polar surface area (TPSA) is 83.5 Å². The van der Waals surface area contributed by atoms with Gasteiger partial charge in [-0.1, -0.05) is 18.2 Å². The average Bonchev–Trinajstić information content (AvgIpc) is 2.37. The lowest BCUT2D eigenvalue weighted by Gasteiger charge is -2.14. The first kappa shape index (κ1) is 14.2. The second kappa shape index (κ2) is 6.20. The van der Waals surface area contributed by atoms with E-state index in [1.807, 2.05) is 0 Å². The first-order chi connectivity index (χ1) is 8.43. The molecule has 1 aromatic carbocycles. The minimum atomic E-state index is -1.43. The Morgan fingerprint density at radius 1 is 1.22 bits per heavy atom. The molecule has 2 N–H and O–H groups in total. The van der Waals surface area contributed by atoms with Crippen molar-refractivity contribution < 1.29 is 19.5 Å². The first-order valence-electron chi connectivity index (χ1n) is 5.24. The molecule has 96 valence electrons. The van der Waals surface area contributed by atoms with Crippen molar-refractivity contribution in [1.29, 1.82) is 0 Å². The third-order valence-electron chi connectivity index (χ3n) is 2.31. The summed E-state index contributed by atoms with van der Waals surface area (Å²) < 4.78 is 0. The summed E-state index contributed by atoms with van der Waals surface area (Å²) in [5.41, 5.74) is 0.406. The third-order valence-corrected chi connectivity index (χ3v) is 2.79. The van der Waals surface area contributed by atoms with E-state index in [9.17, 15) is 14.4 Å². The van der Waals surface area contributed by atoms with Crippen LogP contribution in [0.2, 0.25) is 0 Å². The molecule has 0 bridgehead atoms. The summed E-state index contributed by atoms with van der Waals surface area (Å²) in [5, 5.41) is 9.64. The van der Waals surface area contributed by atoms with Crippen LogP contribution in [0.15, 0.2) is 30.3 Å². The molecular weight excluding hydrogens is 254 g/mol. The van der Waals surface area contributed by atoms with Gasteiger partial charge in [0.2, 0.25) is 0 Å². The Bertz CT molecular complexity index is 460. The number of hydrogen-bond acceptors (Lipinski definition) is 4. The molecule has 0 aliphatic carbocycles. The van der Waals surface area contributed by atoms with E-state index >= 15 is 0 Å². The Kier molecular flexibility index (Phi) is 4.91. The van der Waals surface area contributed by atoms with Crippen molar-refractivity contribution in [3.05, 3.63) is 35.9 Å². The molecule has 18 heavy (non-hydrogen) atoms. The third kappa shape index (κ3) is 3.59. The maximum Gasteiger partial charge on any atom is 0.324 e. The molecule has 0 spiro atoms. The normalized spacial score (nSPS) is 13.4. The number of thiol groups is 1. The summed E-state index contributed by atoms with van der Waals surface area (Å²) in [4.78, 5) is 33.9. The first-order valence-corrected chi connectivity index (χ1v) is 5.75. The fourth-order valence-corrected chi connectivity index (χ4v) is 1.52. The second-order valence-corrected chi connectivity index (χ2v) is 4.22. The highest BCUT2D eigenvalue weighted by molar-refractivity contribution is 7.82. The summed E-state index contributed by atoms with van der Waals surface area (Å²) in [5.74, 6) is -2.42. The Morgan fingerprint density at radius 3 is 2.28 bits per heavy atom. The molecule has 6 heteroatoms. The van der Waals surface area contributed by atoms with Gasteiger partial charge in [0, 0.05) is 5.56 Å².